The number of aliphatic hydroxyl groups excluding tert-OH is 6. The maximum atomic E-state index is 12.9. The second kappa shape index (κ2) is 10.00. The molecule has 0 spiro atoms. The number of esters is 1. The van der Waals surface area contributed by atoms with Gasteiger partial charge in [0.25, 0.3) is 0 Å². The molecule has 11 heteroatoms. The molecule has 0 amide bonds. The Labute approximate surface area is 186 Å². The number of carbonyl (C=O) groups is 1. The van der Waals surface area contributed by atoms with Gasteiger partial charge in [-0.1, -0.05) is 19.4 Å². The van der Waals surface area contributed by atoms with E-state index in [1.54, 1.807) is 0 Å². The first-order valence-electron chi connectivity index (χ1n) is 10.8. The molecule has 3 rings (SSSR count). The fourth-order valence-corrected chi connectivity index (χ4v) is 4.51. The third-order valence-electron chi connectivity index (χ3n) is 6.43. The first-order chi connectivity index (χ1) is 14.9. The van der Waals surface area contributed by atoms with E-state index in [1.807, 2.05) is 20.8 Å². The highest BCUT2D eigenvalue weighted by Crippen LogP contribution is 2.41. The van der Waals surface area contributed by atoms with E-state index in [-0.39, 0.29) is 6.61 Å². The number of aliphatic hydroxyl groups is 6. The third-order valence-corrected chi connectivity index (χ3v) is 6.43. The van der Waals surface area contributed by atoms with E-state index in [0.29, 0.717) is 5.57 Å². The Hall–Kier alpha value is -1.15. The van der Waals surface area contributed by atoms with Gasteiger partial charge in [0.1, 0.15) is 42.7 Å². The molecule has 0 bridgehead atoms. The summed E-state index contributed by atoms with van der Waals surface area (Å²) >= 11 is 0. The van der Waals surface area contributed by atoms with Gasteiger partial charge in [-0.2, -0.15) is 0 Å². The van der Waals surface area contributed by atoms with Crippen molar-refractivity contribution in [2.24, 2.45) is 5.41 Å². The summed E-state index contributed by atoms with van der Waals surface area (Å²) in [7, 11) is 0. The summed E-state index contributed by atoms with van der Waals surface area (Å²) in [5, 5.41) is 60.0. The van der Waals surface area contributed by atoms with Crippen LogP contribution in [0.2, 0.25) is 0 Å². The number of hydrogen-bond acceptors (Lipinski definition) is 11. The van der Waals surface area contributed by atoms with Crippen LogP contribution in [0.15, 0.2) is 11.1 Å². The van der Waals surface area contributed by atoms with E-state index >= 15 is 0 Å². The molecule has 9 atom stereocenters. The maximum absolute atomic E-state index is 12.9. The summed E-state index contributed by atoms with van der Waals surface area (Å²) in [5.41, 5.74) is 0.972. The molecule has 32 heavy (non-hydrogen) atoms. The summed E-state index contributed by atoms with van der Waals surface area (Å²) in [6.07, 6.45) is -10.9. The SMILES string of the molecule is CC1=C(C(=O)O[C@@H]2O[C@H](COC3OCC(O)C(O)C3O)[C@@H](O)[C@H](O)[C@H]2O)C(C)(C)CCC1. The quantitative estimate of drug-likeness (QED) is 0.257. The first kappa shape index (κ1) is 25.5. The third kappa shape index (κ3) is 5.16. The fourth-order valence-electron chi connectivity index (χ4n) is 4.51. The summed E-state index contributed by atoms with van der Waals surface area (Å²) in [6.45, 7) is 5.02. The van der Waals surface area contributed by atoms with Gasteiger partial charge in [-0.05, 0) is 31.6 Å². The van der Waals surface area contributed by atoms with E-state index in [1.165, 1.54) is 0 Å². The number of allylic oxidation sites excluding steroid dienone is 1. The Morgan fingerprint density at radius 1 is 1.00 bits per heavy atom. The molecular formula is C21H34O11. The van der Waals surface area contributed by atoms with Crippen LogP contribution in [-0.2, 0) is 23.7 Å². The number of ether oxygens (including phenoxy) is 4. The average molecular weight is 462 g/mol. The molecule has 6 N–H and O–H groups in total. The Kier molecular flexibility index (Phi) is 7.96. The highest BCUT2D eigenvalue weighted by molar-refractivity contribution is 5.91. The molecule has 2 heterocycles. The zero-order chi connectivity index (χ0) is 23.8. The van der Waals surface area contributed by atoms with Crippen molar-refractivity contribution < 1.29 is 54.4 Å². The van der Waals surface area contributed by atoms with Crippen molar-refractivity contribution in [3.63, 3.8) is 0 Å². The molecule has 0 radical (unpaired) electrons. The molecule has 2 fully saturated rings. The second-order valence-corrected chi connectivity index (χ2v) is 9.40. The highest BCUT2D eigenvalue weighted by Gasteiger charge is 2.47. The Morgan fingerprint density at radius 3 is 2.31 bits per heavy atom. The monoisotopic (exact) mass is 462 g/mol. The lowest BCUT2D eigenvalue weighted by Crippen LogP contribution is -2.60. The van der Waals surface area contributed by atoms with Gasteiger partial charge in [-0.3, -0.25) is 0 Å². The van der Waals surface area contributed by atoms with Crippen molar-refractivity contribution in [3.8, 4) is 0 Å². The lowest BCUT2D eigenvalue weighted by atomic mass is 9.73. The Morgan fingerprint density at radius 2 is 1.66 bits per heavy atom. The first-order valence-corrected chi connectivity index (χ1v) is 10.8. The van der Waals surface area contributed by atoms with Crippen molar-refractivity contribution in [1.29, 1.82) is 0 Å². The molecule has 1 aliphatic carbocycles. The molecule has 3 aliphatic rings. The summed E-state index contributed by atoms with van der Waals surface area (Å²) < 4.78 is 21.4. The largest absolute Gasteiger partial charge is 0.429 e. The van der Waals surface area contributed by atoms with E-state index in [2.05, 4.69) is 0 Å². The number of hydrogen-bond donors (Lipinski definition) is 6. The van der Waals surface area contributed by atoms with Crippen LogP contribution in [0, 0.1) is 5.41 Å². The smallest absolute Gasteiger partial charge is 0.336 e. The maximum Gasteiger partial charge on any atom is 0.336 e. The molecule has 4 unspecified atom stereocenters. The van der Waals surface area contributed by atoms with Crippen molar-refractivity contribution in [2.45, 2.75) is 95.3 Å². The predicted octanol–water partition coefficient (Wildman–Crippen LogP) is -1.68. The fraction of sp³-hybridized carbons (Fsp3) is 0.857. The standard InChI is InChI=1S/C21H34O11/c1-9-5-4-6-21(2,3)12(9)18(28)32-20-17(27)15(25)14(24)11(31-20)8-30-19-16(26)13(23)10(22)7-29-19/h10-11,13-17,19-20,22-27H,4-8H2,1-3H3/t10?,11-,13?,14-,15+,16?,17-,19?,20+/m1/s1. The minimum absolute atomic E-state index is 0.275. The van der Waals surface area contributed by atoms with Gasteiger partial charge < -0.3 is 49.6 Å². The molecular weight excluding hydrogens is 428 g/mol. The van der Waals surface area contributed by atoms with Gasteiger partial charge in [0.2, 0.25) is 6.29 Å². The van der Waals surface area contributed by atoms with Crippen LogP contribution in [0.5, 0.6) is 0 Å². The molecule has 0 aromatic heterocycles. The van der Waals surface area contributed by atoms with Gasteiger partial charge in [0, 0.05) is 5.57 Å². The molecule has 2 saturated heterocycles. The van der Waals surface area contributed by atoms with Gasteiger partial charge in [-0.15, -0.1) is 0 Å². The molecule has 0 aromatic rings. The van der Waals surface area contributed by atoms with Crippen molar-refractivity contribution >= 4 is 5.97 Å². The van der Waals surface area contributed by atoms with Crippen LogP contribution in [0.3, 0.4) is 0 Å². The van der Waals surface area contributed by atoms with Crippen LogP contribution >= 0.6 is 0 Å². The summed E-state index contributed by atoms with van der Waals surface area (Å²) in [6, 6.07) is 0. The minimum Gasteiger partial charge on any atom is -0.429 e. The summed E-state index contributed by atoms with van der Waals surface area (Å²) in [5.74, 6) is -0.664. The predicted molar refractivity (Wildman–Crippen MR) is 107 cm³/mol. The van der Waals surface area contributed by atoms with Crippen molar-refractivity contribution in [2.75, 3.05) is 13.2 Å². The lowest BCUT2D eigenvalue weighted by Gasteiger charge is -2.41. The van der Waals surface area contributed by atoms with E-state index < -0.39 is 73.3 Å². The average Bonchev–Trinajstić information content (AvgIpc) is 2.72. The Balaban J connectivity index is 1.66. The molecule has 11 nitrogen and oxygen atoms in total. The molecule has 0 aromatic carbocycles. The van der Waals surface area contributed by atoms with Gasteiger partial charge in [0.05, 0.1) is 13.2 Å². The van der Waals surface area contributed by atoms with Crippen molar-refractivity contribution in [3.05, 3.63) is 11.1 Å². The van der Waals surface area contributed by atoms with Crippen LogP contribution in [0.25, 0.3) is 0 Å². The van der Waals surface area contributed by atoms with Crippen LogP contribution in [0.1, 0.15) is 40.0 Å². The Bertz CT molecular complexity index is 708. The van der Waals surface area contributed by atoms with E-state index in [4.69, 9.17) is 18.9 Å². The van der Waals surface area contributed by atoms with E-state index in [9.17, 15) is 35.4 Å². The van der Waals surface area contributed by atoms with Gasteiger partial charge >= 0.3 is 5.97 Å². The van der Waals surface area contributed by atoms with Gasteiger partial charge in [0.15, 0.2) is 6.29 Å². The molecule has 184 valence electrons. The zero-order valence-corrected chi connectivity index (χ0v) is 18.5. The molecule has 0 saturated carbocycles. The van der Waals surface area contributed by atoms with Gasteiger partial charge in [-0.25, -0.2) is 4.79 Å². The number of carbonyl (C=O) groups excluding carboxylic acids is 1. The lowest BCUT2D eigenvalue weighted by molar-refractivity contribution is -0.314. The summed E-state index contributed by atoms with van der Waals surface area (Å²) in [4.78, 5) is 12.9. The van der Waals surface area contributed by atoms with Crippen LogP contribution in [0.4, 0.5) is 0 Å². The minimum atomic E-state index is -1.69. The normalized spacial score (nSPS) is 42.6. The number of rotatable bonds is 5. The zero-order valence-electron chi connectivity index (χ0n) is 18.5. The second-order valence-electron chi connectivity index (χ2n) is 9.40. The van der Waals surface area contributed by atoms with Crippen LogP contribution < -0.4 is 0 Å². The van der Waals surface area contributed by atoms with Crippen molar-refractivity contribution in [1.82, 2.24) is 0 Å². The van der Waals surface area contributed by atoms with E-state index in [0.717, 1.165) is 24.8 Å². The van der Waals surface area contributed by atoms with Crippen LogP contribution in [-0.4, -0.2) is 105 Å². The molecule has 2 aliphatic heterocycles. The highest BCUT2D eigenvalue weighted by atomic mass is 16.7. The topological polar surface area (TPSA) is 175 Å².